The van der Waals surface area contributed by atoms with Gasteiger partial charge in [-0.25, -0.2) is 13.4 Å². The second-order valence-corrected chi connectivity index (χ2v) is 11.7. The van der Waals surface area contributed by atoms with E-state index >= 15 is 0 Å². The van der Waals surface area contributed by atoms with Crippen LogP contribution in [0.25, 0.3) is 11.0 Å². The lowest BCUT2D eigenvalue weighted by Crippen LogP contribution is -2.41. The number of sulfonamides is 1. The lowest BCUT2D eigenvalue weighted by Gasteiger charge is -2.31. The van der Waals surface area contributed by atoms with Gasteiger partial charge in [0, 0.05) is 25.0 Å². The van der Waals surface area contributed by atoms with Gasteiger partial charge in [0.15, 0.2) is 0 Å². The Morgan fingerprint density at radius 2 is 1.92 bits per heavy atom. The highest BCUT2D eigenvalue weighted by Crippen LogP contribution is 2.34. The molecule has 1 atom stereocenters. The maximum absolute atomic E-state index is 13.4. The van der Waals surface area contributed by atoms with Crippen molar-refractivity contribution in [2.75, 3.05) is 32.8 Å². The van der Waals surface area contributed by atoms with Crippen molar-refractivity contribution in [3.05, 3.63) is 71.1 Å². The van der Waals surface area contributed by atoms with Crippen LogP contribution in [-0.2, 0) is 32.6 Å². The summed E-state index contributed by atoms with van der Waals surface area (Å²) in [6, 6.07) is 15.0. The number of nitrogens with one attached hydrogen (secondary N) is 3. The molecule has 3 heterocycles. The van der Waals surface area contributed by atoms with Crippen LogP contribution in [0.15, 0.2) is 64.7 Å². The van der Waals surface area contributed by atoms with E-state index in [0.29, 0.717) is 57.3 Å². The maximum atomic E-state index is 13.4. The van der Waals surface area contributed by atoms with Crippen LogP contribution in [0.2, 0.25) is 0 Å². The van der Waals surface area contributed by atoms with E-state index in [1.54, 1.807) is 30.3 Å². The first kappa shape index (κ1) is 25.7. The number of thioether (sulfide) groups is 1. The van der Waals surface area contributed by atoms with Crippen LogP contribution < -0.4 is 10.6 Å². The van der Waals surface area contributed by atoms with Crippen molar-refractivity contribution in [3.63, 3.8) is 0 Å². The Morgan fingerprint density at radius 3 is 2.73 bits per heavy atom. The summed E-state index contributed by atoms with van der Waals surface area (Å²) in [7, 11) is -3.66. The van der Waals surface area contributed by atoms with Crippen LogP contribution in [-0.4, -0.2) is 72.2 Å². The molecule has 2 aromatic carbocycles. The zero-order valence-corrected chi connectivity index (χ0v) is 21.9. The third-order valence-electron chi connectivity index (χ3n) is 6.37. The topological polar surface area (TPSA) is 120 Å². The Balaban J connectivity index is 1.26. The Labute approximate surface area is 220 Å². The summed E-state index contributed by atoms with van der Waals surface area (Å²) < 4.78 is 33.6. The van der Waals surface area contributed by atoms with Gasteiger partial charge in [-0.2, -0.15) is 4.31 Å². The Morgan fingerprint density at radius 1 is 1.14 bits per heavy atom. The van der Waals surface area contributed by atoms with E-state index in [0.717, 1.165) is 23.3 Å². The van der Waals surface area contributed by atoms with E-state index in [4.69, 9.17) is 4.74 Å². The summed E-state index contributed by atoms with van der Waals surface area (Å²) >= 11 is 1.59. The molecule has 1 saturated heterocycles. The van der Waals surface area contributed by atoms with E-state index in [1.165, 1.54) is 4.31 Å². The zero-order chi connectivity index (χ0) is 25.7. The molecule has 10 nitrogen and oxygen atoms in total. The molecule has 2 aliphatic heterocycles. The van der Waals surface area contributed by atoms with Crippen molar-refractivity contribution in [1.82, 2.24) is 29.8 Å². The highest BCUT2D eigenvalue weighted by atomic mass is 32.2. The number of amides is 1. The van der Waals surface area contributed by atoms with E-state index < -0.39 is 10.0 Å². The average molecular weight is 542 g/mol. The van der Waals surface area contributed by atoms with Gasteiger partial charge in [-0.05, 0) is 36.7 Å². The molecule has 1 aromatic heterocycles. The molecule has 3 N–H and O–H groups in total. The fraction of sp³-hybridized carbons (Fsp3) is 0.360. The number of hydrogen-bond acceptors (Lipinski definition) is 8. The van der Waals surface area contributed by atoms with Crippen LogP contribution in [0, 0.1) is 0 Å². The van der Waals surface area contributed by atoms with Crippen molar-refractivity contribution < 1.29 is 17.9 Å². The molecule has 1 fully saturated rings. The third-order valence-corrected chi connectivity index (χ3v) is 9.54. The van der Waals surface area contributed by atoms with Crippen molar-refractivity contribution in [3.8, 4) is 0 Å². The minimum absolute atomic E-state index is 0.0122. The summed E-state index contributed by atoms with van der Waals surface area (Å²) in [5, 5.41) is 7.97. The van der Waals surface area contributed by atoms with Crippen LogP contribution in [0.1, 0.15) is 17.8 Å². The summed E-state index contributed by atoms with van der Waals surface area (Å²) in [6.07, 6.45) is 2.52. The predicted molar refractivity (Wildman–Crippen MR) is 142 cm³/mol. The normalized spacial score (nSPS) is 18.8. The summed E-state index contributed by atoms with van der Waals surface area (Å²) in [6.45, 7) is 3.10. The second-order valence-electron chi connectivity index (χ2n) is 8.74. The molecule has 0 bridgehead atoms. The molecule has 1 radical (unpaired) electrons. The molecule has 37 heavy (non-hydrogen) atoms. The highest BCUT2D eigenvalue weighted by Gasteiger charge is 2.31. The standard InChI is InChI=1S/C25H29N6O4S2/c32-18-27-24-17-36-25(9-10-26-15-23-28-20-6-2-3-7-21(20)29-23)31(24)16-19-5-1-4-8-22(19)37(33,34)30-11-13-35-14-12-30/h1-8,17,25-26H,9-16H2,(H,27,32)(H,28,29). The molecule has 0 aliphatic carbocycles. The quantitative estimate of drug-likeness (QED) is 0.249. The first-order valence-electron chi connectivity index (χ1n) is 12.1. The number of ether oxygens (including phenoxy) is 1. The summed E-state index contributed by atoms with van der Waals surface area (Å²) in [5.41, 5.74) is 2.62. The number of H-pyrrole nitrogens is 1. The van der Waals surface area contributed by atoms with Gasteiger partial charge in [-0.1, -0.05) is 30.3 Å². The molecular formula is C25H29N6O4S2. The fourth-order valence-electron chi connectivity index (χ4n) is 4.52. The summed E-state index contributed by atoms with van der Waals surface area (Å²) in [5.74, 6) is 1.48. The monoisotopic (exact) mass is 541 g/mol. The van der Waals surface area contributed by atoms with E-state index in [-0.39, 0.29) is 10.3 Å². The van der Waals surface area contributed by atoms with Gasteiger partial charge in [-0.15, -0.1) is 11.8 Å². The molecule has 0 saturated carbocycles. The molecule has 1 unspecified atom stereocenters. The number of benzene rings is 2. The van der Waals surface area contributed by atoms with Crippen molar-refractivity contribution in [2.24, 2.45) is 0 Å². The fourth-order valence-corrected chi connectivity index (χ4v) is 7.21. The minimum Gasteiger partial charge on any atom is -0.379 e. The van der Waals surface area contributed by atoms with Gasteiger partial charge in [0.25, 0.3) is 0 Å². The Bertz CT molecular complexity index is 1340. The molecule has 2 aliphatic rings. The van der Waals surface area contributed by atoms with E-state index in [2.05, 4.69) is 20.6 Å². The highest BCUT2D eigenvalue weighted by molar-refractivity contribution is 8.02. The van der Waals surface area contributed by atoms with Gasteiger partial charge < -0.3 is 25.3 Å². The molecule has 195 valence electrons. The van der Waals surface area contributed by atoms with Gasteiger partial charge in [-0.3, -0.25) is 4.79 Å². The second kappa shape index (κ2) is 11.7. The third kappa shape index (κ3) is 5.83. The number of aromatic amines is 1. The Hall–Kier alpha value is -2.90. The minimum atomic E-state index is -3.66. The molecule has 12 heteroatoms. The van der Waals surface area contributed by atoms with Gasteiger partial charge in [0.1, 0.15) is 11.6 Å². The predicted octanol–water partition coefficient (Wildman–Crippen LogP) is 2.09. The molecular weight excluding hydrogens is 512 g/mol. The number of rotatable bonds is 11. The molecule has 0 spiro atoms. The van der Waals surface area contributed by atoms with Crippen LogP contribution >= 0.6 is 11.8 Å². The number of imidazole rings is 1. The number of carbonyl (C=O) groups excluding carboxylic acids is 1. The average Bonchev–Trinajstić information content (AvgIpc) is 3.51. The number of aromatic nitrogens is 2. The van der Waals surface area contributed by atoms with Gasteiger partial charge in [0.05, 0.1) is 41.1 Å². The van der Waals surface area contributed by atoms with Crippen molar-refractivity contribution >= 4 is 39.2 Å². The summed E-state index contributed by atoms with van der Waals surface area (Å²) in [4.78, 5) is 21.4. The number of para-hydroxylation sites is 2. The van der Waals surface area contributed by atoms with E-state index in [9.17, 15) is 13.2 Å². The number of nitrogens with zero attached hydrogens (tertiary/aromatic N) is 3. The lowest BCUT2D eigenvalue weighted by atomic mass is 10.2. The molecule has 5 rings (SSSR count). The number of fused-ring (bicyclic) bond motifs is 1. The van der Waals surface area contributed by atoms with Crippen molar-refractivity contribution in [2.45, 2.75) is 29.8 Å². The first-order valence-corrected chi connectivity index (χ1v) is 14.5. The zero-order valence-electron chi connectivity index (χ0n) is 20.2. The van der Waals surface area contributed by atoms with Crippen molar-refractivity contribution in [1.29, 1.82) is 0 Å². The SMILES string of the molecule is O=[C]NC1=CSC(CCNCc2nc3ccccc3[nH]2)N1Cc1ccccc1S(=O)(=O)N1CCOCC1. The van der Waals surface area contributed by atoms with Crippen LogP contribution in [0.3, 0.4) is 0 Å². The Kier molecular flexibility index (Phi) is 8.11. The lowest BCUT2D eigenvalue weighted by molar-refractivity contribution is 0.0730. The molecule has 1 amide bonds. The van der Waals surface area contributed by atoms with Crippen LogP contribution in [0.5, 0.6) is 0 Å². The molecule has 3 aromatic rings. The van der Waals surface area contributed by atoms with Crippen LogP contribution in [0.4, 0.5) is 0 Å². The largest absolute Gasteiger partial charge is 0.379 e. The number of morpholine rings is 1. The smallest absolute Gasteiger partial charge is 0.315 e. The van der Waals surface area contributed by atoms with E-state index in [1.807, 2.05) is 46.7 Å². The van der Waals surface area contributed by atoms with Gasteiger partial charge >= 0.3 is 6.41 Å². The first-order chi connectivity index (χ1) is 18.1. The maximum Gasteiger partial charge on any atom is 0.315 e. The number of hydrogen-bond donors (Lipinski definition) is 3. The van der Waals surface area contributed by atoms with Gasteiger partial charge in [0.2, 0.25) is 10.0 Å².